The maximum Gasteiger partial charge on any atom is 0.266 e. The highest BCUT2D eigenvalue weighted by Gasteiger charge is 2.24. The molecule has 0 fully saturated rings. The second-order valence-corrected chi connectivity index (χ2v) is 3.12. The monoisotopic (exact) mass is 198 g/mol. The van der Waals surface area contributed by atoms with E-state index in [4.69, 9.17) is 16.3 Å². The zero-order chi connectivity index (χ0) is 9.42. The number of carbonyl (C=O) groups excluding carboxylic acids is 1. The number of halogens is 1. The minimum absolute atomic E-state index is 0.206. The zero-order valence-corrected chi connectivity index (χ0v) is 7.63. The van der Waals surface area contributed by atoms with Crippen LogP contribution in [0.3, 0.4) is 0 Å². The van der Waals surface area contributed by atoms with Crippen molar-refractivity contribution in [1.82, 2.24) is 4.98 Å². The van der Waals surface area contributed by atoms with Crippen molar-refractivity contribution >= 4 is 23.3 Å². The van der Waals surface area contributed by atoms with Gasteiger partial charge in [-0.3, -0.25) is 4.79 Å². The molecule has 2 rings (SSSR count). The van der Waals surface area contributed by atoms with Crippen LogP contribution >= 0.6 is 11.6 Å². The predicted octanol–water partition coefficient (Wildman–Crippen LogP) is 1.45. The van der Waals surface area contributed by atoms with Crippen LogP contribution in [-0.4, -0.2) is 17.0 Å². The van der Waals surface area contributed by atoms with Crippen molar-refractivity contribution in [3.63, 3.8) is 0 Å². The summed E-state index contributed by atoms with van der Waals surface area (Å²) >= 11 is 5.64. The molecule has 2 heterocycles. The third-order valence-electron chi connectivity index (χ3n) is 1.74. The van der Waals surface area contributed by atoms with Crippen molar-refractivity contribution in [2.75, 3.05) is 5.32 Å². The smallest absolute Gasteiger partial charge is 0.266 e. The zero-order valence-electron chi connectivity index (χ0n) is 6.87. The Morgan fingerprint density at radius 3 is 3.15 bits per heavy atom. The Balaban J connectivity index is 2.42. The van der Waals surface area contributed by atoms with Crippen LogP contribution in [0, 0.1) is 0 Å². The number of amides is 1. The van der Waals surface area contributed by atoms with Gasteiger partial charge in [0.1, 0.15) is 5.15 Å². The van der Waals surface area contributed by atoms with Gasteiger partial charge in [0.05, 0.1) is 0 Å². The van der Waals surface area contributed by atoms with E-state index < -0.39 is 6.10 Å². The van der Waals surface area contributed by atoms with Crippen molar-refractivity contribution in [3.05, 3.63) is 17.3 Å². The summed E-state index contributed by atoms with van der Waals surface area (Å²) in [4.78, 5) is 15.1. The van der Waals surface area contributed by atoms with Gasteiger partial charge in [0.2, 0.25) is 0 Å². The average Bonchev–Trinajstić information content (AvgIpc) is 2.08. The summed E-state index contributed by atoms with van der Waals surface area (Å²) in [5.74, 6) is 0.731. The Labute approximate surface area is 79.9 Å². The van der Waals surface area contributed by atoms with Gasteiger partial charge in [-0.1, -0.05) is 11.6 Å². The number of ether oxygens (including phenoxy) is 1. The van der Waals surface area contributed by atoms with Crippen molar-refractivity contribution in [2.24, 2.45) is 0 Å². The number of rotatable bonds is 0. The second-order valence-electron chi connectivity index (χ2n) is 2.73. The lowest BCUT2D eigenvalue weighted by molar-refractivity contribution is -0.122. The number of fused-ring (bicyclic) bond motifs is 1. The van der Waals surface area contributed by atoms with Gasteiger partial charge in [-0.25, -0.2) is 4.98 Å². The summed E-state index contributed by atoms with van der Waals surface area (Å²) in [7, 11) is 0. The summed E-state index contributed by atoms with van der Waals surface area (Å²) in [5, 5.41) is 2.92. The summed E-state index contributed by atoms with van der Waals surface area (Å²) in [5.41, 5.74) is 0. The first-order chi connectivity index (χ1) is 6.16. The predicted molar refractivity (Wildman–Crippen MR) is 48.0 cm³/mol. The summed E-state index contributed by atoms with van der Waals surface area (Å²) in [6, 6.07) is 3.30. The number of pyridine rings is 1. The van der Waals surface area contributed by atoms with E-state index in [0.29, 0.717) is 16.7 Å². The minimum Gasteiger partial charge on any atom is -0.477 e. The third kappa shape index (κ3) is 1.45. The SMILES string of the molecule is CC1Oc2ccc(Cl)nc2NC1=O. The van der Waals surface area contributed by atoms with Crippen LogP contribution in [0.5, 0.6) is 5.75 Å². The fourth-order valence-electron chi connectivity index (χ4n) is 1.07. The van der Waals surface area contributed by atoms with Crippen LogP contribution in [-0.2, 0) is 4.79 Å². The standard InChI is InChI=1S/C8H7ClN2O2/c1-4-8(12)11-7-5(13-4)2-3-6(9)10-7/h2-4H,1H3,(H,10,11,12). The Bertz CT molecular complexity index is 367. The molecule has 1 aliphatic heterocycles. The summed E-state index contributed by atoms with van der Waals surface area (Å²) < 4.78 is 5.27. The van der Waals surface area contributed by atoms with Gasteiger partial charge in [0.15, 0.2) is 17.7 Å². The number of nitrogens with one attached hydrogen (secondary N) is 1. The number of hydrogen-bond donors (Lipinski definition) is 1. The number of anilines is 1. The molecule has 0 aliphatic carbocycles. The number of hydrogen-bond acceptors (Lipinski definition) is 3. The molecule has 1 aromatic heterocycles. The molecule has 0 radical (unpaired) electrons. The van der Waals surface area contributed by atoms with Crippen molar-refractivity contribution in [2.45, 2.75) is 13.0 Å². The first-order valence-corrected chi connectivity index (χ1v) is 4.18. The van der Waals surface area contributed by atoms with Gasteiger partial charge in [-0.05, 0) is 19.1 Å². The molecule has 0 aromatic carbocycles. The molecule has 4 nitrogen and oxygen atoms in total. The largest absolute Gasteiger partial charge is 0.477 e. The molecule has 0 spiro atoms. The third-order valence-corrected chi connectivity index (χ3v) is 1.95. The molecule has 0 saturated heterocycles. The maximum atomic E-state index is 11.1. The molecular formula is C8H7ClN2O2. The fourth-order valence-corrected chi connectivity index (χ4v) is 1.22. The van der Waals surface area contributed by atoms with Crippen LogP contribution < -0.4 is 10.1 Å². The molecule has 1 amide bonds. The Hall–Kier alpha value is -1.29. The van der Waals surface area contributed by atoms with E-state index in [0.717, 1.165) is 0 Å². The molecule has 0 bridgehead atoms. The molecule has 1 N–H and O–H groups in total. The molecule has 0 saturated carbocycles. The van der Waals surface area contributed by atoms with E-state index in [-0.39, 0.29) is 5.91 Å². The highest BCUT2D eigenvalue weighted by atomic mass is 35.5. The van der Waals surface area contributed by atoms with Crippen molar-refractivity contribution in [3.8, 4) is 5.75 Å². The lowest BCUT2D eigenvalue weighted by Gasteiger charge is -2.21. The van der Waals surface area contributed by atoms with E-state index >= 15 is 0 Å². The Kier molecular flexibility index (Phi) is 1.84. The lowest BCUT2D eigenvalue weighted by atomic mass is 10.3. The minimum atomic E-state index is -0.476. The summed E-state index contributed by atoms with van der Waals surface area (Å²) in [6.07, 6.45) is -0.476. The van der Waals surface area contributed by atoms with Gasteiger partial charge in [0, 0.05) is 0 Å². The topological polar surface area (TPSA) is 51.2 Å². The van der Waals surface area contributed by atoms with Gasteiger partial charge in [-0.2, -0.15) is 0 Å². The van der Waals surface area contributed by atoms with Gasteiger partial charge >= 0.3 is 0 Å². The van der Waals surface area contributed by atoms with Crippen molar-refractivity contribution < 1.29 is 9.53 Å². The van der Waals surface area contributed by atoms with E-state index in [2.05, 4.69) is 10.3 Å². The van der Waals surface area contributed by atoms with E-state index in [1.165, 1.54) is 0 Å². The highest BCUT2D eigenvalue weighted by molar-refractivity contribution is 6.29. The molecular weight excluding hydrogens is 192 g/mol. The normalized spacial score (nSPS) is 20.2. The average molecular weight is 199 g/mol. The Morgan fingerprint density at radius 2 is 2.38 bits per heavy atom. The maximum absolute atomic E-state index is 11.1. The van der Waals surface area contributed by atoms with E-state index in [1.54, 1.807) is 19.1 Å². The first kappa shape index (κ1) is 8.31. The molecule has 5 heteroatoms. The van der Waals surface area contributed by atoms with Crippen LogP contribution in [0.1, 0.15) is 6.92 Å². The quantitative estimate of drug-likeness (QED) is 0.642. The molecule has 1 unspecified atom stereocenters. The molecule has 68 valence electrons. The van der Waals surface area contributed by atoms with Crippen LogP contribution in [0.25, 0.3) is 0 Å². The summed E-state index contributed by atoms with van der Waals surface area (Å²) in [6.45, 7) is 1.67. The molecule has 1 aromatic rings. The van der Waals surface area contributed by atoms with Gasteiger partial charge < -0.3 is 10.1 Å². The molecule has 1 atom stereocenters. The number of aromatic nitrogens is 1. The van der Waals surface area contributed by atoms with E-state index in [9.17, 15) is 4.79 Å². The van der Waals surface area contributed by atoms with E-state index in [1.807, 2.05) is 0 Å². The van der Waals surface area contributed by atoms with Crippen LogP contribution in [0.15, 0.2) is 12.1 Å². The number of carbonyl (C=O) groups is 1. The van der Waals surface area contributed by atoms with Crippen LogP contribution in [0.4, 0.5) is 5.82 Å². The van der Waals surface area contributed by atoms with Gasteiger partial charge in [0.25, 0.3) is 5.91 Å². The van der Waals surface area contributed by atoms with Gasteiger partial charge in [-0.15, -0.1) is 0 Å². The fraction of sp³-hybridized carbons (Fsp3) is 0.250. The second kappa shape index (κ2) is 2.88. The van der Waals surface area contributed by atoms with Crippen LogP contribution in [0.2, 0.25) is 5.15 Å². The number of nitrogens with zero attached hydrogens (tertiary/aromatic N) is 1. The Morgan fingerprint density at radius 1 is 1.62 bits per heavy atom. The first-order valence-electron chi connectivity index (χ1n) is 3.81. The van der Waals surface area contributed by atoms with Crippen molar-refractivity contribution in [1.29, 1.82) is 0 Å². The molecule has 1 aliphatic rings. The lowest BCUT2D eigenvalue weighted by Crippen LogP contribution is -2.34. The highest BCUT2D eigenvalue weighted by Crippen LogP contribution is 2.28. The molecule has 13 heavy (non-hydrogen) atoms.